The largest absolute Gasteiger partial charge is 0.255 e. The van der Waals surface area contributed by atoms with Gasteiger partial charge in [-0.15, -0.1) is 0 Å². The van der Waals surface area contributed by atoms with E-state index < -0.39 is 0 Å². The molecule has 0 saturated carbocycles. The second-order valence-electron chi connectivity index (χ2n) is 6.30. The zero-order valence-corrected chi connectivity index (χ0v) is 14.0. The number of pyridine rings is 2. The lowest BCUT2D eigenvalue weighted by Crippen LogP contribution is -1.97. The third-order valence-corrected chi connectivity index (χ3v) is 6.03. The van der Waals surface area contributed by atoms with E-state index in [4.69, 9.17) is 4.98 Å². The fraction of sp³-hybridized carbons (Fsp3) is 0. The molecule has 25 heavy (non-hydrogen) atoms. The first-order valence-corrected chi connectivity index (χ1v) is 9.08. The zero-order chi connectivity index (χ0) is 16.4. The number of aromatic nitrogens is 2. The minimum absolute atomic E-state index is 1.04. The zero-order valence-electron chi connectivity index (χ0n) is 13.2. The Morgan fingerprint density at radius 3 is 2.64 bits per heavy atom. The van der Waals surface area contributed by atoms with E-state index in [0.717, 1.165) is 16.3 Å². The van der Waals surface area contributed by atoms with Crippen molar-refractivity contribution in [1.82, 2.24) is 9.97 Å². The van der Waals surface area contributed by atoms with Crippen LogP contribution in [0.5, 0.6) is 0 Å². The fourth-order valence-electron chi connectivity index (χ4n) is 3.87. The molecule has 5 aromatic rings. The Bertz CT molecular complexity index is 1320. The normalized spacial score (nSPS) is 12.6. The van der Waals surface area contributed by atoms with Crippen LogP contribution in [0.1, 0.15) is 0 Å². The van der Waals surface area contributed by atoms with Gasteiger partial charge in [0.1, 0.15) is 5.03 Å². The average molecular weight is 336 g/mol. The van der Waals surface area contributed by atoms with Crippen LogP contribution >= 0.6 is 11.8 Å². The molecule has 1 aliphatic rings. The van der Waals surface area contributed by atoms with Gasteiger partial charge in [0.25, 0.3) is 0 Å². The van der Waals surface area contributed by atoms with Crippen LogP contribution in [0, 0.1) is 0 Å². The van der Waals surface area contributed by atoms with Crippen LogP contribution in [0.2, 0.25) is 0 Å². The van der Waals surface area contributed by atoms with E-state index in [0.29, 0.717) is 0 Å². The molecule has 2 nitrogen and oxygen atoms in total. The Hall–Kier alpha value is -2.91. The van der Waals surface area contributed by atoms with Crippen LogP contribution in [0.15, 0.2) is 83.0 Å². The first-order valence-electron chi connectivity index (χ1n) is 8.26. The maximum absolute atomic E-state index is 4.69. The Morgan fingerprint density at radius 2 is 1.64 bits per heavy atom. The average Bonchev–Trinajstić information content (AvgIpc) is 2.68. The molecule has 0 amide bonds. The first-order chi connectivity index (χ1) is 12.4. The molecule has 1 aliphatic heterocycles. The molecule has 0 spiro atoms. The Labute approximate surface area is 148 Å². The number of benzene rings is 3. The van der Waals surface area contributed by atoms with Gasteiger partial charge in [0, 0.05) is 28.2 Å². The minimum atomic E-state index is 1.04. The SMILES string of the molecule is c1cnc2c(c1)-c1nccc3c1c(cc1c4ccccc4ccc31)S2. The molecule has 0 N–H and O–H groups in total. The molecular formula is C22H12N2S. The highest BCUT2D eigenvalue weighted by molar-refractivity contribution is 7.99. The van der Waals surface area contributed by atoms with Crippen molar-refractivity contribution in [2.45, 2.75) is 9.92 Å². The molecule has 0 unspecified atom stereocenters. The number of hydrogen-bond donors (Lipinski definition) is 0. The van der Waals surface area contributed by atoms with Crippen molar-refractivity contribution in [2.75, 3.05) is 0 Å². The molecular weight excluding hydrogens is 324 g/mol. The van der Waals surface area contributed by atoms with Gasteiger partial charge >= 0.3 is 0 Å². The molecule has 3 heterocycles. The van der Waals surface area contributed by atoms with E-state index in [9.17, 15) is 0 Å². The van der Waals surface area contributed by atoms with Gasteiger partial charge in [-0.3, -0.25) is 4.98 Å². The van der Waals surface area contributed by atoms with Crippen molar-refractivity contribution in [1.29, 1.82) is 0 Å². The van der Waals surface area contributed by atoms with Crippen molar-refractivity contribution in [3.8, 4) is 11.3 Å². The molecule has 6 rings (SSSR count). The van der Waals surface area contributed by atoms with Crippen LogP contribution < -0.4 is 0 Å². The highest BCUT2D eigenvalue weighted by atomic mass is 32.2. The van der Waals surface area contributed by atoms with Gasteiger partial charge in [-0.05, 0) is 51.2 Å². The summed E-state index contributed by atoms with van der Waals surface area (Å²) in [5, 5.41) is 8.70. The van der Waals surface area contributed by atoms with E-state index in [1.54, 1.807) is 11.8 Å². The molecule has 3 aromatic carbocycles. The maximum Gasteiger partial charge on any atom is 0.110 e. The quantitative estimate of drug-likeness (QED) is 0.315. The molecule has 116 valence electrons. The van der Waals surface area contributed by atoms with Gasteiger partial charge < -0.3 is 0 Å². The number of rotatable bonds is 0. The lowest BCUT2D eigenvalue weighted by Gasteiger charge is -2.20. The van der Waals surface area contributed by atoms with Crippen molar-refractivity contribution in [2.24, 2.45) is 0 Å². The van der Waals surface area contributed by atoms with Gasteiger partial charge in [0.15, 0.2) is 0 Å². The summed E-state index contributed by atoms with van der Waals surface area (Å²) in [6.07, 6.45) is 3.77. The summed E-state index contributed by atoms with van der Waals surface area (Å²) in [5.41, 5.74) is 2.18. The van der Waals surface area contributed by atoms with Crippen molar-refractivity contribution in [3.63, 3.8) is 0 Å². The molecule has 0 fully saturated rings. The molecule has 0 saturated heterocycles. The molecule has 0 bridgehead atoms. The van der Waals surface area contributed by atoms with Crippen LogP contribution in [-0.4, -0.2) is 9.97 Å². The summed E-state index contributed by atoms with van der Waals surface area (Å²) < 4.78 is 0. The maximum atomic E-state index is 4.69. The second kappa shape index (κ2) is 4.80. The Kier molecular flexibility index (Phi) is 2.57. The highest BCUT2D eigenvalue weighted by Crippen LogP contribution is 2.48. The lowest BCUT2D eigenvalue weighted by atomic mass is 9.95. The van der Waals surface area contributed by atoms with Crippen LogP contribution in [0.4, 0.5) is 0 Å². The topological polar surface area (TPSA) is 25.8 Å². The van der Waals surface area contributed by atoms with Crippen molar-refractivity contribution < 1.29 is 0 Å². The lowest BCUT2D eigenvalue weighted by molar-refractivity contribution is 1.12. The van der Waals surface area contributed by atoms with Crippen LogP contribution in [-0.2, 0) is 0 Å². The third-order valence-electron chi connectivity index (χ3n) is 4.97. The predicted octanol–water partition coefficient (Wildman–Crippen LogP) is 6.07. The monoisotopic (exact) mass is 336 g/mol. The molecule has 0 radical (unpaired) electrons. The minimum Gasteiger partial charge on any atom is -0.255 e. The van der Waals surface area contributed by atoms with E-state index in [2.05, 4.69) is 59.6 Å². The summed E-state index contributed by atoms with van der Waals surface area (Å²) in [5.74, 6) is 0. The molecule has 0 atom stereocenters. The van der Waals surface area contributed by atoms with Crippen molar-refractivity contribution >= 4 is 44.1 Å². The summed E-state index contributed by atoms with van der Waals surface area (Å²) in [6.45, 7) is 0. The molecule has 0 aliphatic carbocycles. The second-order valence-corrected chi connectivity index (χ2v) is 7.33. The van der Waals surface area contributed by atoms with Crippen molar-refractivity contribution in [3.05, 3.63) is 73.1 Å². The van der Waals surface area contributed by atoms with Gasteiger partial charge in [-0.25, -0.2) is 4.98 Å². The van der Waals surface area contributed by atoms with Gasteiger partial charge in [-0.1, -0.05) is 48.2 Å². The Morgan fingerprint density at radius 1 is 0.680 bits per heavy atom. The Balaban J connectivity index is 1.86. The van der Waals surface area contributed by atoms with Gasteiger partial charge in [-0.2, -0.15) is 0 Å². The molecule has 3 heteroatoms. The van der Waals surface area contributed by atoms with Crippen LogP contribution in [0.3, 0.4) is 0 Å². The summed E-state index contributed by atoms with van der Waals surface area (Å²) in [6, 6.07) is 21.6. The van der Waals surface area contributed by atoms with E-state index in [1.165, 1.54) is 37.2 Å². The van der Waals surface area contributed by atoms with E-state index in [1.807, 2.05) is 18.5 Å². The summed E-state index contributed by atoms with van der Waals surface area (Å²) in [7, 11) is 0. The van der Waals surface area contributed by atoms with Crippen LogP contribution in [0.25, 0.3) is 43.6 Å². The third kappa shape index (κ3) is 1.76. The predicted molar refractivity (Wildman–Crippen MR) is 104 cm³/mol. The smallest absolute Gasteiger partial charge is 0.110 e. The number of hydrogen-bond acceptors (Lipinski definition) is 3. The summed E-state index contributed by atoms with van der Waals surface area (Å²) >= 11 is 1.75. The highest BCUT2D eigenvalue weighted by Gasteiger charge is 2.22. The summed E-state index contributed by atoms with van der Waals surface area (Å²) in [4.78, 5) is 10.5. The first kappa shape index (κ1) is 13.4. The molecule has 2 aromatic heterocycles. The standard InChI is InChI=1S/C22H12N2S/c1-2-5-14-13(4-1)7-8-15-16-9-11-23-21-17-6-3-10-24-22(17)25-19(20(16)21)12-18(14)15/h1-12H. The van der Waals surface area contributed by atoms with E-state index in [-0.39, 0.29) is 0 Å². The van der Waals surface area contributed by atoms with E-state index >= 15 is 0 Å². The fourth-order valence-corrected chi connectivity index (χ4v) is 4.95. The number of nitrogens with zero attached hydrogens (tertiary/aromatic N) is 2. The number of fused-ring (bicyclic) bond motifs is 6. The van der Waals surface area contributed by atoms with Gasteiger partial charge in [0.05, 0.1) is 5.69 Å². The van der Waals surface area contributed by atoms with Gasteiger partial charge in [0.2, 0.25) is 0 Å².